The fourth-order valence-electron chi connectivity index (χ4n) is 9.76. The molecule has 0 saturated heterocycles. The Bertz CT molecular complexity index is 863. The summed E-state index contributed by atoms with van der Waals surface area (Å²) in [5.41, 5.74) is 0.136. The van der Waals surface area contributed by atoms with Crippen molar-refractivity contribution in [2.24, 2.45) is 35.5 Å². The molecule has 0 aromatic carbocycles. The van der Waals surface area contributed by atoms with Crippen LogP contribution < -0.4 is 10.6 Å². The summed E-state index contributed by atoms with van der Waals surface area (Å²) in [4.78, 5) is 25.6. The van der Waals surface area contributed by atoms with Crippen LogP contribution in [0.25, 0.3) is 0 Å². The smallest absolute Gasteiger partial charge is 0.230 e. The number of hydrogen-bond donors (Lipinski definition) is 2. The molecular weight excluding hydrogens is 497 g/mol. The van der Waals surface area contributed by atoms with Crippen LogP contribution in [0, 0.1) is 35.5 Å². The largest absolute Gasteiger partial charge is 0.350 e. The molecule has 6 nitrogen and oxygen atoms in total. The molecule has 35 heavy (non-hydrogen) atoms. The number of nitrogens with zero attached hydrogens (tertiary/aromatic N) is 2. The first-order valence-electron chi connectivity index (χ1n) is 13.6. The van der Waals surface area contributed by atoms with Crippen LogP contribution in [0.5, 0.6) is 0 Å². The highest BCUT2D eigenvalue weighted by atomic mass is 32.2. The highest BCUT2D eigenvalue weighted by Gasteiger charge is 2.52. The van der Waals surface area contributed by atoms with E-state index in [1.807, 2.05) is 0 Å². The summed E-state index contributed by atoms with van der Waals surface area (Å²) in [5, 5.41) is 15.4. The van der Waals surface area contributed by atoms with Gasteiger partial charge < -0.3 is 10.6 Å². The number of carbonyl (C=O) groups excluding carboxylic acids is 2. The van der Waals surface area contributed by atoms with Gasteiger partial charge in [0.25, 0.3) is 0 Å². The third kappa shape index (κ3) is 4.78. The fourth-order valence-corrected chi connectivity index (χ4v) is 12.4. The van der Waals surface area contributed by atoms with Crippen LogP contribution in [0.2, 0.25) is 0 Å². The number of nitrogens with one attached hydrogen (secondary N) is 2. The van der Waals surface area contributed by atoms with Crippen LogP contribution in [0.4, 0.5) is 0 Å². The minimum atomic E-state index is 0.0680. The molecule has 2 amide bonds. The molecule has 0 aliphatic heterocycles. The van der Waals surface area contributed by atoms with E-state index in [1.165, 1.54) is 112 Å². The van der Waals surface area contributed by atoms with Crippen molar-refractivity contribution in [1.82, 2.24) is 20.8 Å². The standard InChI is InChI=1S/C26H36N4O2S3/c31-21(27-25-7-15-1-16(8-25)3-17(2-15)9-25)13-33-23-29-30-24(35-23)34-14-22(32)28-26-10-18-4-19(11-26)6-20(5-18)12-26/h15-20H,1-14H2,(H,27,31)(H,28,32). The molecular formula is C26H36N4O2S3. The third-order valence-corrected chi connectivity index (χ3v) is 13.1. The molecule has 190 valence electrons. The monoisotopic (exact) mass is 532 g/mol. The van der Waals surface area contributed by atoms with E-state index in [-0.39, 0.29) is 22.9 Å². The zero-order valence-corrected chi connectivity index (χ0v) is 22.7. The summed E-state index contributed by atoms with van der Waals surface area (Å²) >= 11 is 4.45. The molecule has 0 radical (unpaired) electrons. The Kier molecular flexibility index (Phi) is 5.93. The van der Waals surface area contributed by atoms with Crippen molar-refractivity contribution >= 4 is 46.7 Å². The summed E-state index contributed by atoms with van der Waals surface area (Å²) in [5.74, 6) is 6.05. The van der Waals surface area contributed by atoms with E-state index in [2.05, 4.69) is 20.8 Å². The number of amides is 2. The Morgan fingerprint density at radius 1 is 0.657 bits per heavy atom. The van der Waals surface area contributed by atoms with Gasteiger partial charge in [-0.1, -0.05) is 34.9 Å². The summed E-state index contributed by atoms with van der Waals surface area (Å²) in [6.07, 6.45) is 15.4. The third-order valence-electron chi connectivity index (χ3n) is 9.93. The fraction of sp³-hybridized carbons (Fsp3) is 0.846. The molecule has 0 unspecified atom stereocenters. The van der Waals surface area contributed by atoms with Crippen LogP contribution in [-0.4, -0.2) is 44.6 Å². The highest BCUT2D eigenvalue weighted by Crippen LogP contribution is 2.56. The molecule has 1 aromatic rings. The maximum atomic E-state index is 12.8. The number of rotatable bonds is 8. The topological polar surface area (TPSA) is 84.0 Å². The minimum absolute atomic E-state index is 0.0680. The van der Waals surface area contributed by atoms with Crippen molar-refractivity contribution in [1.29, 1.82) is 0 Å². The van der Waals surface area contributed by atoms with Crippen molar-refractivity contribution in [3.8, 4) is 0 Å². The van der Waals surface area contributed by atoms with Crippen molar-refractivity contribution in [2.75, 3.05) is 11.5 Å². The second kappa shape index (κ2) is 8.90. The lowest BCUT2D eigenvalue weighted by atomic mass is 9.53. The molecule has 1 aromatic heterocycles. The van der Waals surface area contributed by atoms with Gasteiger partial charge in [-0.2, -0.15) is 0 Å². The second-order valence-corrected chi connectivity index (χ2v) is 16.3. The maximum absolute atomic E-state index is 12.8. The van der Waals surface area contributed by atoms with Crippen molar-refractivity contribution in [3.63, 3.8) is 0 Å². The highest BCUT2D eigenvalue weighted by molar-refractivity contribution is 8.03. The predicted molar refractivity (Wildman–Crippen MR) is 139 cm³/mol. The van der Waals surface area contributed by atoms with Gasteiger partial charge in [0.1, 0.15) is 0 Å². The molecule has 0 atom stereocenters. The summed E-state index contributed by atoms with van der Waals surface area (Å²) in [7, 11) is 0. The van der Waals surface area contributed by atoms with Gasteiger partial charge in [-0.3, -0.25) is 9.59 Å². The first-order valence-corrected chi connectivity index (χ1v) is 16.4. The van der Waals surface area contributed by atoms with Gasteiger partial charge in [0.15, 0.2) is 8.68 Å². The van der Waals surface area contributed by atoms with Crippen LogP contribution in [0.1, 0.15) is 77.0 Å². The predicted octanol–water partition coefficient (Wildman–Crippen LogP) is 4.89. The lowest BCUT2D eigenvalue weighted by Gasteiger charge is -2.56. The van der Waals surface area contributed by atoms with E-state index in [0.29, 0.717) is 11.5 Å². The van der Waals surface area contributed by atoms with E-state index >= 15 is 0 Å². The number of hydrogen-bond acceptors (Lipinski definition) is 7. The van der Waals surface area contributed by atoms with Crippen LogP contribution in [0.15, 0.2) is 8.68 Å². The average Bonchev–Trinajstić information content (AvgIpc) is 3.22. The van der Waals surface area contributed by atoms with Gasteiger partial charge >= 0.3 is 0 Å². The maximum Gasteiger partial charge on any atom is 0.230 e. The number of aromatic nitrogens is 2. The molecule has 8 aliphatic carbocycles. The number of carbonyl (C=O) groups is 2. The van der Waals surface area contributed by atoms with E-state index in [4.69, 9.17) is 0 Å². The Balaban J connectivity index is 0.872. The van der Waals surface area contributed by atoms with Gasteiger partial charge in [-0.05, 0) is 113 Å². The summed E-state index contributed by atoms with van der Waals surface area (Å²) in [6, 6.07) is 0. The van der Waals surface area contributed by atoms with E-state index < -0.39 is 0 Å². The van der Waals surface area contributed by atoms with Gasteiger partial charge in [-0.15, -0.1) is 10.2 Å². The second-order valence-electron chi connectivity index (χ2n) is 12.9. The van der Waals surface area contributed by atoms with Crippen LogP contribution in [-0.2, 0) is 9.59 Å². The van der Waals surface area contributed by atoms with E-state index in [1.54, 1.807) is 0 Å². The Hall–Kier alpha value is -0.800. The zero-order chi connectivity index (χ0) is 23.6. The molecule has 9 heteroatoms. The summed E-state index contributed by atoms with van der Waals surface area (Å²) < 4.78 is 1.63. The summed E-state index contributed by atoms with van der Waals surface area (Å²) in [6.45, 7) is 0. The first-order chi connectivity index (χ1) is 16.9. The van der Waals surface area contributed by atoms with E-state index in [0.717, 1.165) is 44.2 Å². The normalized spacial score (nSPS) is 42.4. The Labute approximate surface area is 220 Å². The van der Waals surface area contributed by atoms with Gasteiger partial charge in [-0.25, -0.2) is 0 Å². The molecule has 2 N–H and O–H groups in total. The van der Waals surface area contributed by atoms with Gasteiger partial charge in [0.05, 0.1) is 11.5 Å². The lowest BCUT2D eigenvalue weighted by Crippen LogP contribution is -2.60. The average molecular weight is 533 g/mol. The molecule has 8 bridgehead atoms. The van der Waals surface area contributed by atoms with Crippen LogP contribution in [0.3, 0.4) is 0 Å². The molecule has 0 spiro atoms. The minimum Gasteiger partial charge on any atom is -0.350 e. The lowest BCUT2D eigenvalue weighted by molar-refractivity contribution is -0.125. The van der Waals surface area contributed by atoms with Gasteiger partial charge in [0, 0.05) is 11.1 Å². The number of thioether (sulfide) groups is 2. The molecule has 8 aliphatic rings. The van der Waals surface area contributed by atoms with E-state index in [9.17, 15) is 9.59 Å². The van der Waals surface area contributed by atoms with Gasteiger partial charge in [0.2, 0.25) is 11.8 Å². The van der Waals surface area contributed by atoms with Crippen LogP contribution >= 0.6 is 34.9 Å². The molecule has 1 heterocycles. The first kappa shape index (κ1) is 23.3. The quantitative estimate of drug-likeness (QED) is 0.464. The zero-order valence-electron chi connectivity index (χ0n) is 20.3. The van der Waals surface area contributed by atoms with Crippen molar-refractivity contribution in [2.45, 2.75) is 96.8 Å². The van der Waals surface area contributed by atoms with Crippen molar-refractivity contribution < 1.29 is 9.59 Å². The Morgan fingerprint density at radius 2 is 0.971 bits per heavy atom. The van der Waals surface area contributed by atoms with Crippen molar-refractivity contribution in [3.05, 3.63) is 0 Å². The molecule has 9 rings (SSSR count). The SMILES string of the molecule is O=C(CSc1nnc(SCC(=O)NC23CC4CC(CC(C4)C2)C3)s1)NC12CC3CC(CC(C3)C1)C2. The molecule has 8 fully saturated rings. The Morgan fingerprint density at radius 3 is 1.29 bits per heavy atom. The molecule has 8 saturated carbocycles.